The molecule has 0 aliphatic carbocycles. The maximum Gasteiger partial charge on any atom is 0.272 e. The number of hydrogen-bond acceptors (Lipinski definition) is 3. The molecule has 0 aliphatic heterocycles. The molecule has 6 heteroatoms. The van der Waals surface area contributed by atoms with E-state index in [1.807, 2.05) is 30.3 Å². The van der Waals surface area contributed by atoms with Crippen LogP contribution >= 0.6 is 22.6 Å². The van der Waals surface area contributed by atoms with Gasteiger partial charge in [0.05, 0.1) is 18.3 Å². The molecule has 0 spiro atoms. The minimum Gasteiger partial charge on any atom is -0.467 e. The number of carbonyl (C=O) groups excluding carboxylic acids is 1. The standard InChI is InChI=1S/C19H14IN3O2/c20-18-10-14(13-5-2-1-3-6-13)9-15-11-17(22-23(15)18)19(24)21-12-16-7-4-8-25-16/h1-11H,12H2,(H,21,24). The number of benzene rings is 1. The summed E-state index contributed by atoms with van der Waals surface area (Å²) in [6.07, 6.45) is 1.58. The predicted octanol–water partition coefficient (Wildman–Crippen LogP) is 4.13. The van der Waals surface area contributed by atoms with Gasteiger partial charge < -0.3 is 9.73 Å². The number of carbonyl (C=O) groups is 1. The van der Waals surface area contributed by atoms with E-state index in [9.17, 15) is 4.79 Å². The number of pyridine rings is 1. The summed E-state index contributed by atoms with van der Waals surface area (Å²) < 4.78 is 7.94. The zero-order valence-electron chi connectivity index (χ0n) is 13.1. The lowest BCUT2D eigenvalue weighted by atomic mass is 10.1. The monoisotopic (exact) mass is 443 g/mol. The van der Waals surface area contributed by atoms with Crippen LogP contribution < -0.4 is 5.32 Å². The number of halogens is 1. The van der Waals surface area contributed by atoms with E-state index in [0.29, 0.717) is 18.0 Å². The molecule has 5 nitrogen and oxygen atoms in total. The average molecular weight is 443 g/mol. The summed E-state index contributed by atoms with van der Waals surface area (Å²) in [6.45, 7) is 0.339. The summed E-state index contributed by atoms with van der Waals surface area (Å²) in [7, 11) is 0. The highest BCUT2D eigenvalue weighted by molar-refractivity contribution is 14.1. The third-order valence-electron chi connectivity index (χ3n) is 3.86. The van der Waals surface area contributed by atoms with E-state index in [0.717, 1.165) is 20.3 Å². The number of furan rings is 1. The Labute approximate surface area is 157 Å². The Morgan fingerprint density at radius 2 is 1.92 bits per heavy atom. The van der Waals surface area contributed by atoms with Gasteiger partial charge in [-0.05, 0) is 64.0 Å². The largest absolute Gasteiger partial charge is 0.467 e. The molecule has 124 valence electrons. The van der Waals surface area contributed by atoms with Gasteiger partial charge in [0.1, 0.15) is 9.46 Å². The first-order chi connectivity index (χ1) is 12.2. The van der Waals surface area contributed by atoms with Crippen LogP contribution in [0.25, 0.3) is 16.6 Å². The van der Waals surface area contributed by atoms with Crippen LogP contribution in [-0.2, 0) is 6.54 Å². The summed E-state index contributed by atoms with van der Waals surface area (Å²) in [4.78, 5) is 12.3. The van der Waals surface area contributed by atoms with Crippen molar-refractivity contribution in [2.24, 2.45) is 0 Å². The van der Waals surface area contributed by atoms with Crippen LogP contribution in [-0.4, -0.2) is 15.5 Å². The summed E-state index contributed by atoms with van der Waals surface area (Å²) >= 11 is 2.23. The molecule has 0 saturated heterocycles. The summed E-state index contributed by atoms with van der Waals surface area (Å²) in [5, 5.41) is 7.23. The highest BCUT2D eigenvalue weighted by Gasteiger charge is 2.13. The second-order valence-electron chi connectivity index (χ2n) is 5.56. The Morgan fingerprint density at radius 1 is 1.08 bits per heavy atom. The van der Waals surface area contributed by atoms with E-state index in [1.54, 1.807) is 22.9 Å². The highest BCUT2D eigenvalue weighted by atomic mass is 127. The van der Waals surface area contributed by atoms with Crippen LogP contribution in [0.2, 0.25) is 0 Å². The lowest BCUT2D eigenvalue weighted by molar-refractivity contribution is 0.0942. The molecule has 0 fully saturated rings. The molecule has 0 aliphatic rings. The van der Waals surface area contributed by atoms with Gasteiger partial charge >= 0.3 is 0 Å². The average Bonchev–Trinajstić information content (AvgIpc) is 3.30. The number of nitrogens with zero attached hydrogens (tertiary/aromatic N) is 2. The van der Waals surface area contributed by atoms with Gasteiger partial charge in [0.25, 0.3) is 5.91 Å². The number of hydrogen-bond donors (Lipinski definition) is 1. The molecule has 0 unspecified atom stereocenters. The fourth-order valence-corrected chi connectivity index (χ4v) is 3.36. The Kier molecular flexibility index (Phi) is 4.27. The number of rotatable bonds is 4. The molecule has 0 radical (unpaired) electrons. The molecule has 3 aromatic heterocycles. The minimum atomic E-state index is -0.225. The van der Waals surface area contributed by atoms with Gasteiger partial charge in [-0.2, -0.15) is 5.10 Å². The van der Waals surface area contributed by atoms with Crippen LogP contribution in [0.5, 0.6) is 0 Å². The predicted molar refractivity (Wildman–Crippen MR) is 103 cm³/mol. The molecule has 4 rings (SSSR count). The van der Waals surface area contributed by atoms with Crippen molar-refractivity contribution < 1.29 is 9.21 Å². The van der Waals surface area contributed by atoms with Crippen molar-refractivity contribution in [1.29, 1.82) is 0 Å². The molecule has 1 amide bonds. The minimum absolute atomic E-state index is 0.225. The van der Waals surface area contributed by atoms with E-state index in [2.05, 4.69) is 51.2 Å². The van der Waals surface area contributed by atoms with Crippen LogP contribution in [0.4, 0.5) is 0 Å². The third-order valence-corrected chi connectivity index (χ3v) is 4.63. The number of fused-ring (bicyclic) bond motifs is 1. The van der Waals surface area contributed by atoms with Gasteiger partial charge in [-0.1, -0.05) is 30.3 Å². The molecule has 1 aromatic carbocycles. The molecule has 4 aromatic rings. The molecule has 1 N–H and O–H groups in total. The van der Waals surface area contributed by atoms with Gasteiger partial charge in [0.15, 0.2) is 5.69 Å². The number of amides is 1. The number of aromatic nitrogens is 2. The lowest BCUT2D eigenvalue weighted by Gasteiger charge is -2.04. The van der Waals surface area contributed by atoms with Gasteiger partial charge in [0.2, 0.25) is 0 Å². The first-order valence-electron chi connectivity index (χ1n) is 7.76. The van der Waals surface area contributed by atoms with Crippen molar-refractivity contribution in [3.63, 3.8) is 0 Å². The van der Waals surface area contributed by atoms with Crippen LogP contribution in [0.15, 0.2) is 71.3 Å². The normalized spacial score (nSPS) is 10.9. The summed E-state index contributed by atoms with van der Waals surface area (Å²) in [6, 6.07) is 19.6. The smallest absolute Gasteiger partial charge is 0.272 e. The van der Waals surface area contributed by atoms with Gasteiger partial charge in [0, 0.05) is 0 Å². The molecule has 3 heterocycles. The topological polar surface area (TPSA) is 59.5 Å². The fourth-order valence-electron chi connectivity index (χ4n) is 2.64. The molecular formula is C19H14IN3O2. The van der Waals surface area contributed by atoms with Gasteiger partial charge in [-0.25, -0.2) is 4.52 Å². The Balaban J connectivity index is 1.63. The summed E-state index contributed by atoms with van der Waals surface area (Å²) in [5.41, 5.74) is 3.50. The molecular weight excluding hydrogens is 429 g/mol. The van der Waals surface area contributed by atoms with Crippen LogP contribution in [0, 0.1) is 3.70 Å². The molecule has 0 atom stereocenters. The van der Waals surface area contributed by atoms with E-state index in [1.165, 1.54) is 0 Å². The molecule has 0 bridgehead atoms. The third kappa shape index (κ3) is 3.30. The second kappa shape index (κ2) is 6.72. The van der Waals surface area contributed by atoms with Crippen molar-refractivity contribution in [3.05, 3.63) is 82.1 Å². The maximum atomic E-state index is 12.3. The van der Waals surface area contributed by atoms with Crippen molar-refractivity contribution in [1.82, 2.24) is 14.9 Å². The fraction of sp³-hybridized carbons (Fsp3) is 0.0526. The van der Waals surface area contributed by atoms with E-state index in [4.69, 9.17) is 4.42 Å². The van der Waals surface area contributed by atoms with E-state index in [-0.39, 0.29) is 5.91 Å². The van der Waals surface area contributed by atoms with Crippen LogP contribution in [0.1, 0.15) is 16.2 Å². The SMILES string of the molecule is O=C(NCc1ccco1)c1cc2cc(-c3ccccc3)cc(I)n2n1. The molecule has 0 saturated carbocycles. The molecule has 25 heavy (non-hydrogen) atoms. The van der Waals surface area contributed by atoms with Crippen LogP contribution in [0.3, 0.4) is 0 Å². The van der Waals surface area contributed by atoms with Gasteiger partial charge in [-0.15, -0.1) is 0 Å². The Bertz CT molecular complexity index is 1020. The first kappa shape index (κ1) is 15.9. The van der Waals surface area contributed by atoms with E-state index < -0.39 is 0 Å². The zero-order valence-corrected chi connectivity index (χ0v) is 15.3. The van der Waals surface area contributed by atoms with Crippen molar-refractivity contribution in [3.8, 4) is 11.1 Å². The Morgan fingerprint density at radius 3 is 2.68 bits per heavy atom. The zero-order chi connectivity index (χ0) is 17.2. The quantitative estimate of drug-likeness (QED) is 0.381. The van der Waals surface area contributed by atoms with Crippen molar-refractivity contribution >= 4 is 34.0 Å². The Hall–Kier alpha value is -2.61. The van der Waals surface area contributed by atoms with E-state index >= 15 is 0 Å². The van der Waals surface area contributed by atoms with Crippen molar-refractivity contribution in [2.75, 3.05) is 0 Å². The van der Waals surface area contributed by atoms with Crippen molar-refractivity contribution in [2.45, 2.75) is 6.54 Å². The lowest BCUT2D eigenvalue weighted by Crippen LogP contribution is -2.23. The summed E-state index contributed by atoms with van der Waals surface area (Å²) in [5.74, 6) is 0.482. The highest BCUT2D eigenvalue weighted by Crippen LogP contribution is 2.24. The van der Waals surface area contributed by atoms with Gasteiger partial charge in [-0.3, -0.25) is 4.79 Å². The maximum absolute atomic E-state index is 12.3. The number of nitrogens with one attached hydrogen (secondary N) is 1. The first-order valence-corrected chi connectivity index (χ1v) is 8.84. The second-order valence-corrected chi connectivity index (χ2v) is 6.67.